The standard InChI is InChI=1S/C7H14N.BrH.Mg/c1-4-7-8(5-2)6-3;;/h1,4H,5-7H2,2-3H3;1H;/q;;+1/p-1. The van der Waals surface area contributed by atoms with E-state index in [9.17, 15) is 0 Å². The molecule has 0 aromatic heterocycles. The van der Waals surface area contributed by atoms with Crippen LogP contribution in [-0.2, 0) is 0 Å². The topological polar surface area (TPSA) is 3.24 Å². The number of nitrogens with zero attached hydrogens (tertiary/aromatic N) is 1. The third-order valence-electron chi connectivity index (χ3n) is 1.51. The quantitative estimate of drug-likeness (QED) is 0.634. The zero-order valence-corrected chi connectivity index (χ0v) is 9.81. The Morgan fingerprint density at radius 2 is 2.00 bits per heavy atom. The summed E-state index contributed by atoms with van der Waals surface area (Å²) in [6.07, 6.45) is 2.26. The van der Waals surface area contributed by atoms with Crippen molar-refractivity contribution in [3.63, 3.8) is 0 Å². The zero-order chi connectivity index (χ0) is 7.82. The van der Waals surface area contributed by atoms with E-state index in [1.54, 1.807) is 0 Å². The molecule has 10 heavy (non-hydrogen) atoms. The van der Waals surface area contributed by atoms with Crippen LogP contribution >= 0.6 is 12.9 Å². The molecule has 0 amide bonds. The van der Waals surface area contributed by atoms with E-state index in [2.05, 4.69) is 41.9 Å². The van der Waals surface area contributed by atoms with Crippen LogP contribution < -0.4 is 0 Å². The largest absolute Gasteiger partial charge is 0.498 e. The lowest BCUT2D eigenvalue weighted by atomic mass is 10.5. The Bertz CT molecular complexity index is 91.6. The molecule has 0 aliphatic carbocycles. The van der Waals surface area contributed by atoms with Crippen molar-refractivity contribution in [2.45, 2.75) is 13.8 Å². The number of hydrogen-bond acceptors (Lipinski definition) is 1. The Balaban J connectivity index is 3.34. The Morgan fingerprint density at radius 1 is 1.40 bits per heavy atom. The normalized spacial score (nSPS) is 10.8. The predicted molar refractivity (Wildman–Crippen MR) is 51.6 cm³/mol. The van der Waals surface area contributed by atoms with Crippen LogP contribution in [0.4, 0.5) is 0 Å². The van der Waals surface area contributed by atoms with Crippen molar-refractivity contribution in [2.24, 2.45) is 0 Å². The number of likely N-dealkylation sites (N-methyl/N-ethyl adjacent to an activating group) is 1. The predicted octanol–water partition coefficient (Wildman–Crippen LogP) is 1.86. The molecule has 0 aromatic rings. The summed E-state index contributed by atoms with van der Waals surface area (Å²) in [5.41, 5.74) is 0. The molecular formula is C7H14BrMgN. The van der Waals surface area contributed by atoms with Crippen LogP contribution in [0, 0.1) is 0 Å². The first-order valence-corrected chi connectivity index (χ1v) is 8.50. The van der Waals surface area contributed by atoms with Crippen molar-refractivity contribution in [1.82, 2.24) is 4.90 Å². The zero-order valence-electron chi connectivity index (χ0n) is 6.81. The van der Waals surface area contributed by atoms with E-state index in [0.717, 1.165) is 19.6 Å². The van der Waals surface area contributed by atoms with Crippen LogP contribution in [0.1, 0.15) is 13.8 Å². The van der Waals surface area contributed by atoms with Crippen LogP contribution in [-0.4, -0.2) is 42.7 Å². The fourth-order valence-corrected chi connectivity index (χ4v) is 1.84. The van der Waals surface area contributed by atoms with Gasteiger partial charge in [-0.1, -0.05) is 13.8 Å². The molecule has 0 saturated carbocycles. The van der Waals surface area contributed by atoms with Gasteiger partial charge in [-0.2, -0.15) is 4.21 Å². The summed E-state index contributed by atoms with van der Waals surface area (Å²) < 4.78 is 2.28. The van der Waals surface area contributed by atoms with Gasteiger partial charge in [0.05, 0.1) is 0 Å². The minimum Gasteiger partial charge on any atom is -0.300 e. The Hall–Kier alpha value is 0.946. The molecule has 56 valence electrons. The SMILES string of the molecule is CCN(CC)CC=[CH][Mg][Br]. The van der Waals surface area contributed by atoms with Gasteiger partial charge in [-0.15, -0.1) is 6.08 Å². The van der Waals surface area contributed by atoms with Gasteiger partial charge >= 0.3 is 18.2 Å². The van der Waals surface area contributed by atoms with Crippen molar-refractivity contribution in [2.75, 3.05) is 19.6 Å². The van der Waals surface area contributed by atoms with Crippen LogP contribution in [0.25, 0.3) is 0 Å². The van der Waals surface area contributed by atoms with Gasteiger partial charge in [0.2, 0.25) is 0 Å². The minimum atomic E-state index is -0.0390. The highest BCUT2D eigenvalue weighted by molar-refractivity contribution is 9.23. The van der Waals surface area contributed by atoms with Gasteiger partial charge in [0, 0.05) is 6.54 Å². The van der Waals surface area contributed by atoms with Crippen LogP contribution in [0.5, 0.6) is 0 Å². The molecule has 1 nitrogen and oxygen atoms in total. The van der Waals surface area contributed by atoms with Crippen LogP contribution in [0.2, 0.25) is 0 Å². The molecule has 0 unspecified atom stereocenters. The van der Waals surface area contributed by atoms with Gasteiger partial charge < -0.3 is 4.90 Å². The van der Waals surface area contributed by atoms with E-state index in [4.69, 9.17) is 0 Å². The maximum Gasteiger partial charge on any atom is 0.498 e. The molecule has 0 rings (SSSR count). The summed E-state index contributed by atoms with van der Waals surface area (Å²) >= 11 is 3.44. The van der Waals surface area contributed by atoms with E-state index >= 15 is 0 Å². The first kappa shape index (κ1) is 10.9. The van der Waals surface area contributed by atoms with Gasteiger partial charge in [0.1, 0.15) is 0 Å². The molecule has 0 saturated heterocycles. The monoisotopic (exact) mass is 215 g/mol. The second-order valence-electron chi connectivity index (χ2n) is 2.11. The summed E-state index contributed by atoms with van der Waals surface area (Å²) in [6.45, 7) is 7.83. The number of halogens is 1. The lowest BCUT2D eigenvalue weighted by molar-refractivity contribution is 0.337. The molecule has 0 fully saturated rings. The average Bonchev–Trinajstić information content (AvgIpc) is 1.99. The summed E-state index contributed by atoms with van der Waals surface area (Å²) in [5, 5.41) is 0. The van der Waals surface area contributed by atoms with E-state index in [1.165, 1.54) is 0 Å². The summed E-state index contributed by atoms with van der Waals surface area (Å²) in [5.74, 6) is 0. The van der Waals surface area contributed by atoms with Crippen LogP contribution in [0.3, 0.4) is 0 Å². The highest BCUT2D eigenvalue weighted by Gasteiger charge is 1.92. The molecule has 0 aromatic carbocycles. The smallest absolute Gasteiger partial charge is 0.300 e. The van der Waals surface area contributed by atoms with Crippen molar-refractivity contribution in [1.29, 1.82) is 0 Å². The highest BCUT2D eigenvalue weighted by atomic mass is 79.9. The molecule has 0 aliphatic heterocycles. The van der Waals surface area contributed by atoms with Crippen molar-refractivity contribution >= 4 is 31.1 Å². The number of hydrogen-bond donors (Lipinski definition) is 0. The minimum absolute atomic E-state index is 0.0390. The third kappa shape index (κ3) is 5.71. The van der Waals surface area contributed by atoms with Gasteiger partial charge in [-0.3, -0.25) is 12.9 Å². The van der Waals surface area contributed by atoms with Gasteiger partial charge in [0.25, 0.3) is 0 Å². The Labute approximate surface area is 79.5 Å². The van der Waals surface area contributed by atoms with Crippen molar-refractivity contribution < 1.29 is 0 Å². The summed E-state index contributed by atoms with van der Waals surface area (Å²) in [6, 6.07) is 0. The molecule has 0 heterocycles. The summed E-state index contributed by atoms with van der Waals surface area (Å²) in [7, 11) is 0. The fourth-order valence-electron chi connectivity index (χ4n) is 0.768. The molecule has 0 spiro atoms. The molecule has 3 heteroatoms. The van der Waals surface area contributed by atoms with E-state index in [0.29, 0.717) is 0 Å². The second-order valence-corrected chi connectivity index (χ2v) is 4.83. The maximum absolute atomic E-state index is 3.48. The van der Waals surface area contributed by atoms with E-state index in [-0.39, 0.29) is 18.2 Å². The van der Waals surface area contributed by atoms with Gasteiger partial charge in [-0.25, -0.2) is 0 Å². The third-order valence-corrected chi connectivity index (χ3v) is 3.15. The molecule has 0 N–H and O–H groups in total. The van der Waals surface area contributed by atoms with E-state index < -0.39 is 0 Å². The second kappa shape index (κ2) is 8.05. The van der Waals surface area contributed by atoms with Crippen molar-refractivity contribution in [3.05, 3.63) is 10.3 Å². The van der Waals surface area contributed by atoms with Gasteiger partial charge in [0.15, 0.2) is 0 Å². The van der Waals surface area contributed by atoms with E-state index in [1.807, 2.05) is 0 Å². The number of rotatable bonds is 5. The first-order valence-electron chi connectivity index (χ1n) is 3.78. The van der Waals surface area contributed by atoms with Gasteiger partial charge in [-0.05, 0) is 13.1 Å². The first-order chi connectivity index (χ1) is 4.85. The fraction of sp³-hybridized carbons (Fsp3) is 0.714. The van der Waals surface area contributed by atoms with Crippen molar-refractivity contribution in [3.8, 4) is 0 Å². The highest BCUT2D eigenvalue weighted by Crippen LogP contribution is 1.87. The molecular weight excluding hydrogens is 202 g/mol. The molecule has 0 radical (unpaired) electrons. The molecule has 0 atom stereocenters. The lowest BCUT2D eigenvalue weighted by Gasteiger charge is -2.14. The Kier molecular flexibility index (Phi) is 8.81. The molecule has 0 aliphatic rings. The maximum atomic E-state index is 3.48. The summed E-state index contributed by atoms with van der Waals surface area (Å²) in [4.78, 5) is 2.40. The molecule has 0 bridgehead atoms. The lowest BCUT2D eigenvalue weighted by Crippen LogP contribution is -2.22. The average molecular weight is 216 g/mol. The Morgan fingerprint density at radius 3 is 2.40 bits per heavy atom. The van der Waals surface area contributed by atoms with Crippen LogP contribution in [0.15, 0.2) is 10.3 Å².